The van der Waals surface area contributed by atoms with E-state index in [1.165, 1.54) is 13.4 Å². The van der Waals surface area contributed by atoms with Crippen molar-refractivity contribution in [2.24, 2.45) is 11.3 Å². The van der Waals surface area contributed by atoms with Gasteiger partial charge in [0.05, 0.1) is 32.6 Å². The zero-order valence-electron chi connectivity index (χ0n) is 19.3. The number of aromatic nitrogens is 4. The Morgan fingerprint density at radius 2 is 2.03 bits per heavy atom. The predicted octanol–water partition coefficient (Wildman–Crippen LogP) is 0.711. The molecule has 5 N–H and O–H groups in total. The van der Waals surface area contributed by atoms with Gasteiger partial charge in [0.15, 0.2) is 17.0 Å². The van der Waals surface area contributed by atoms with Crippen LogP contribution in [0.1, 0.15) is 37.5 Å². The van der Waals surface area contributed by atoms with Gasteiger partial charge in [-0.1, -0.05) is 5.92 Å². The van der Waals surface area contributed by atoms with Crippen molar-refractivity contribution in [1.82, 2.24) is 19.5 Å². The minimum absolute atomic E-state index is 0.117. The van der Waals surface area contributed by atoms with Crippen LogP contribution < -0.4 is 5.32 Å². The molecule has 4 rings (SSSR count). The standard InChI is InChI=1S/C19H25N5O10P2/c1-20-17-16-18(23-14(22-17)5-3-4-6-15(25)32-2)24(10-21-16)12-7-13(34-36(29,30)31)19(8-11(12)19)9-33-35(26,27)28/h10-13H,4,6-9H2,1-2H3,(H,20,22,23)(H2,26,27,28)(H2,29,30,31)/t11-,12?,13?,19+/m0/s1. The molecule has 0 bridgehead atoms. The van der Waals surface area contributed by atoms with Crippen LogP contribution in [0.15, 0.2) is 6.33 Å². The number of fused-ring (bicyclic) bond motifs is 2. The van der Waals surface area contributed by atoms with Gasteiger partial charge in [0, 0.05) is 24.9 Å². The van der Waals surface area contributed by atoms with Crippen LogP contribution in [0.5, 0.6) is 0 Å². The van der Waals surface area contributed by atoms with Crippen LogP contribution in [-0.2, 0) is 27.7 Å². The number of carbonyl (C=O) groups excluding carboxylic acids is 1. The van der Waals surface area contributed by atoms with Crippen molar-refractivity contribution in [3.8, 4) is 11.8 Å². The molecule has 2 fully saturated rings. The molecule has 4 atom stereocenters. The molecule has 36 heavy (non-hydrogen) atoms. The molecule has 2 saturated carbocycles. The van der Waals surface area contributed by atoms with Crippen LogP contribution in [0.2, 0.25) is 0 Å². The topological polar surface area (TPSA) is 215 Å². The third-order valence-electron chi connectivity index (χ3n) is 6.40. The SMILES string of the molecule is CNc1nc(C#CCCC(=O)OC)nc2c1ncn2C1CC(OP(=O)(O)O)[C@@]2(COP(=O)(O)O)C[C@@H]12. The summed E-state index contributed by atoms with van der Waals surface area (Å²) in [5, 5.41) is 2.93. The lowest BCUT2D eigenvalue weighted by Gasteiger charge is -2.24. The number of hydrogen-bond acceptors (Lipinski definition) is 10. The largest absolute Gasteiger partial charge is 0.469 e. The summed E-state index contributed by atoms with van der Waals surface area (Å²) in [6.45, 7) is -0.427. The fraction of sp³-hybridized carbons (Fsp3) is 0.579. The number of hydrogen-bond donors (Lipinski definition) is 5. The predicted molar refractivity (Wildman–Crippen MR) is 122 cm³/mol. The molecule has 2 aromatic heterocycles. The first-order valence-corrected chi connectivity index (χ1v) is 13.8. The molecule has 2 heterocycles. The van der Waals surface area contributed by atoms with Crippen molar-refractivity contribution < 1.29 is 47.3 Å². The highest BCUT2D eigenvalue weighted by Gasteiger charge is 2.70. The minimum atomic E-state index is -4.89. The van der Waals surface area contributed by atoms with Gasteiger partial charge in [-0.2, -0.15) is 0 Å². The number of carbonyl (C=O) groups is 1. The van der Waals surface area contributed by atoms with E-state index in [1.807, 2.05) is 0 Å². The molecular weight excluding hydrogens is 520 g/mol. The number of rotatable bonds is 9. The van der Waals surface area contributed by atoms with Crippen LogP contribution in [0, 0.1) is 23.2 Å². The first-order valence-electron chi connectivity index (χ1n) is 10.8. The van der Waals surface area contributed by atoms with E-state index < -0.39 is 45.8 Å². The van der Waals surface area contributed by atoms with E-state index in [-0.39, 0.29) is 31.0 Å². The normalized spacial score (nSPS) is 25.2. The lowest BCUT2D eigenvalue weighted by molar-refractivity contribution is -0.140. The Hall–Kier alpha value is -2.40. The lowest BCUT2D eigenvalue weighted by atomic mass is 10.0. The van der Waals surface area contributed by atoms with E-state index >= 15 is 0 Å². The van der Waals surface area contributed by atoms with E-state index in [0.29, 0.717) is 23.4 Å². The molecule has 0 aliphatic heterocycles. The Kier molecular flexibility index (Phi) is 7.27. The van der Waals surface area contributed by atoms with Gasteiger partial charge in [-0.15, -0.1) is 0 Å². The number of phosphoric acid groups is 2. The summed E-state index contributed by atoms with van der Waals surface area (Å²) in [4.78, 5) is 61.6. The number of esters is 1. The average Bonchev–Trinajstić information content (AvgIpc) is 3.27. The molecule has 0 spiro atoms. The molecule has 0 saturated heterocycles. The quantitative estimate of drug-likeness (QED) is 0.167. The van der Waals surface area contributed by atoms with Gasteiger partial charge in [-0.05, 0) is 24.7 Å². The smallest absolute Gasteiger partial charge is 0.469 e. The van der Waals surface area contributed by atoms with Crippen molar-refractivity contribution in [2.75, 3.05) is 26.1 Å². The van der Waals surface area contributed by atoms with Crippen LogP contribution >= 0.6 is 15.6 Å². The first-order chi connectivity index (χ1) is 16.9. The molecule has 15 nitrogen and oxygen atoms in total. The van der Waals surface area contributed by atoms with E-state index in [2.05, 4.69) is 36.8 Å². The van der Waals surface area contributed by atoms with Crippen LogP contribution in [0.25, 0.3) is 11.2 Å². The van der Waals surface area contributed by atoms with Gasteiger partial charge in [-0.3, -0.25) is 13.8 Å². The Morgan fingerprint density at radius 1 is 1.28 bits per heavy atom. The lowest BCUT2D eigenvalue weighted by Crippen LogP contribution is -2.26. The molecular formula is C19H25N5O10P2. The molecule has 2 aromatic rings. The second kappa shape index (κ2) is 9.81. The molecule has 2 aliphatic rings. The maximum Gasteiger partial charge on any atom is 0.469 e. The highest BCUT2D eigenvalue weighted by molar-refractivity contribution is 7.46. The Morgan fingerprint density at radius 3 is 2.67 bits per heavy atom. The monoisotopic (exact) mass is 545 g/mol. The van der Waals surface area contributed by atoms with Gasteiger partial charge in [0.1, 0.15) is 0 Å². The molecule has 196 valence electrons. The van der Waals surface area contributed by atoms with E-state index in [4.69, 9.17) is 18.8 Å². The van der Waals surface area contributed by atoms with Crippen LogP contribution in [0.3, 0.4) is 0 Å². The van der Waals surface area contributed by atoms with Crippen molar-refractivity contribution in [3.05, 3.63) is 12.2 Å². The summed E-state index contributed by atoms with van der Waals surface area (Å²) >= 11 is 0. The van der Waals surface area contributed by atoms with E-state index in [1.54, 1.807) is 11.6 Å². The number of imidazole rings is 1. The summed E-state index contributed by atoms with van der Waals surface area (Å²) in [7, 11) is -6.76. The maximum absolute atomic E-state index is 11.6. The number of anilines is 1. The summed E-state index contributed by atoms with van der Waals surface area (Å²) in [5.74, 6) is 5.56. The summed E-state index contributed by atoms with van der Waals surface area (Å²) in [6.07, 6.45) is 1.37. The summed E-state index contributed by atoms with van der Waals surface area (Å²) in [6, 6.07) is -0.397. The van der Waals surface area contributed by atoms with Gasteiger partial charge in [0.25, 0.3) is 0 Å². The second-order valence-electron chi connectivity index (χ2n) is 8.54. The minimum Gasteiger partial charge on any atom is -0.469 e. The zero-order chi connectivity index (χ0) is 26.3. The highest BCUT2D eigenvalue weighted by atomic mass is 31.2. The van der Waals surface area contributed by atoms with Crippen molar-refractivity contribution in [1.29, 1.82) is 0 Å². The van der Waals surface area contributed by atoms with Crippen molar-refractivity contribution in [2.45, 2.75) is 37.8 Å². The average molecular weight is 545 g/mol. The maximum atomic E-state index is 11.6. The number of ether oxygens (including phenoxy) is 1. The number of methoxy groups -OCH3 is 1. The molecule has 2 aliphatic carbocycles. The Bertz CT molecular complexity index is 1330. The molecule has 0 aromatic carbocycles. The number of nitrogens with zero attached hydrogens (tertiary/aromatic N) is 4. The summed E-state index contributed by atoms with van der Waals surface area (Å²) in [5.41, 5.74) is -0.140. The number of phosphoric ester groups is 2. The van der Waals surface area contributed by atoms with Crippen LogP contribution in [-0.4, -0.2) is 71.9 Å². The second-order valence-corrected chi connectivity index (χ2v) is 11.0. The molecule has 17 heteroatoms. The zero-order valence-corrected chi connectivity index (χ0v) is 21.1. The van der Waals surface area contributed by atoms with E-state index in [0.717, 1.165) is 0 Å². The van der Waals surface area contributed by atoms with Gasteiger partial charge < -0.3 is 34.2 Å². The fourth-order valence-corrected chi connectivity index (χ4v) is 5.78. The van der Waals surface area contributed by atoms with Crippen molar-refractivity contribution in [3.63, 3.8) is 0 Å². The molecule has 2 unspecified atom stereocenters. The molecule has 0 radical (unpaired) electrons. The van der Waals surface area contributed by atoms with Crippen LogP contribution in [0.4, 0.5) is 5.82 Å². The van der Waals surface area contributed by atoms with Gasteiger partial charge >= 0.3 is 21.6 Å². The van der Waals surface area contributed by atoms with Gasteiger partial charge in [-0.25, -0.2) is 24.1 Å². The molecule has 0 amide bonds. The summed E-state index contributed by atoms with van der Waals surface area (Å²) < 4.78 is 38.9. The third-order valence-corrected chi connectivity index (χ3v) is 7.40. The number of nitrogens with one attached hydrogen (secondary N) is 1. The van der Waals surface area contributed by atoms with E-state index in [9.17, 15) is 23.7 Å². The van der Waals surface area contributed by atoms with Gasteiger partial charge in [0.2, 0.25) is 5.82 Å². The third kappa shape index (κ3) is 5.61. The highest BCUT2D eigenvalue weighted by Crippen LogP contribution is 2.71. The fourth-order valence-electron chi connectivity index (χ4n) is 4.74. The Labute approximate surface area is 205 Å². The Balaban J connectivity index is 1.66. The van der Waals surface area contributed by atoms with Crippen molar-refractivity contribution >= 4 is 38.6 Å². The first kappa shape index (κ1) is 26.7.